The van der Waals surface area contributed by atoms with Crippen molar-refractivity contribution in [3.63, 3.8) is 0 Å². The monoisotopic (exact) mass is 352 g/mol. The lowest BCUT2D eigenvalue weighted by atomic mass is 10.2. The zero-order valence-electron chi connectivity index (χ0n) is 14.0. The Morgan fingerprint density at radius 2 is 1.80 bits per heavy atom. The van der Waals surface area contributed by atoms with E-state index < -0.39 is 0 Å². The van der Waals surface area contributed by atoms with Gasteiger partial charge in [-0.05, 0) is 43.3 Å². The fourth-order valence-corrected chi connectivity index (χ4v) is 3.24. The number of aromatic nitrogens is 1. The number of benzene rings is 1. The van der Waals surface area contributed by atoms with Gasteiger partial charge in [0.15, 0.2) is 0 Å². The second-order valence-electron chi connectivity index (χ2n) is 5.71. The molecule has 5 nitrogen and oxygen atoms in total. The van der Waals surface area contributed by atoms with E-state index in [9.17, 15) is 4.79 Å². The highest BCUT2D eigenvalue weighted by molar-refractivity contribution is 7.12. The highest BCUT2D eigenvalue weighted by atomic mass is 32.1. The zero-order valence-corrected chi connectivity index (χ0v) is 14.8. The zero-order chi connectivity index (χ0) is 17.6. The summed E-state index contributed by atoms with van der Waals surface area (Å²) in [6.07, 6.45) is 1.57. The molecular formula is C19H20N4OS. The topological polar surface area (TPSA) is 80.0 Å². The SMILES string of the molecule is Cc1ccc(NCc2ccc(CNC(=O)c3cccnc3N)s2)cc1. The van der Waals surface area contributed by atoms with Crippen molar-refractivity contribution in [2.45, 2.75) is 20.0 Å². The molecule has 3 aromatic rings. The Morgan fingerprint density at radius 1 is 1.08 bits per heavy atom. The van der Waals surface area contributed by atoms with Crippen molar-refractivity contribution in [2.24, 2.45) is 0 Å². The Bertz CT molecular complexity index is 858. The van der Waals surface area contributed by atoms with Crippen LogP contribution in [-0.4, -0.2) is 10.9 Å². The van der Waals surface area contributed by atoms with E-state index >= 15 is 0 Å². The fourth-order valence-electron chi connectivity index (χ4n) is 2.35. The maximum absolute atomic E-state index is 12.1. The largest absolute Gasteiger partial charge is 0.383 e. The van der Waals surface area contributed by atoms with Crippen LogP contribution < -0.4 is 16.4 Å². The summed E-state index contributed by atoms with van der Waals surface area (Å²) in [6, 6.07) is 15.8. The van der Waals surface area contributed by atoms with E-state index in [0.29, 0.717) is 12.1 Å². The van der Waals surface area contributed by atoms with Crippen molar-refractivity contribution in [3.8, 4) is 0 Å². The normalized spacial score (nSPS) is 10.4. The molecule has 2 aromatic heterocycles. The van der Waals surface area contributed by atoms with Crippen LogP contribution in [0.25, 0.3) is 0 Å². The number of carbonyl (C=O) groups is 1. The number of nitrogens with zero attached hydrogens (tertiary/aromatic N) is 1. The van der Waals surface area contributed by atoms with Crippen molar-refractivity contribution in [3.05, 3.63) is 75.6 Å². The molecule has 0 radical (unpaired) electrons. The molecule has 2 heterocycles. The second kappa shape index (κ2) is 7.81. The Morgan fingerprint density at radius 3 is 2.52 bits per heavy atom. The van der Waals surface area contributed by atoms with Crippen molar-refractivity contribution in [1.29, 1.82) is 0 Å². The first-order valence-electron chi connectivity index (χ1n) is 7.98. The predicted octanol–water partition coefficient (Wildman–Crippen LogP) is 3.58. The molecule has 0 aliphatic carbocycles. The number of aryl methyl sites for hydroxylation is 1. The van der Waals surface area contributed by atoms with Crippen LogP contribution in [0, 0.1) is 6.92 Å². The van der Waals surface area contributed by atoms with Crippen LogP contribution in [0.2, 0.25) is 0 Å². The molecule has 1 amide bonds. The third kappa shape index (κ3) is 4.58. The van der Waals surface area contributed by atoms with Crippen LogP contribution in [0.15, 0.2) is 54.7 Å². The van der Waals surface area contributed by atoms with Gasteiger partial charge in [-0.25, -0.2) is 4.98 Å². The summed E-state index contributed by atoms with van der Waals surface area (Å²) in [4.78, 5) is 18.4. The molecule has 0 fully saturated rings. The first-order valence-corrected chi connectivity index (χ1v) is 8.80. The summed E-state index contributed by atoms with van der Waals surface area (Å²) in [7, 11) is 0. The van der Waals surface area contributed by atoms with Gasteiger partial charge in [-0.3, -0.25) is 4.79 Å². The van der Waals surface area contributed by atoms with Crippen molar-refractivity contribution < 1.29 is 4.79 Å². The van der Waals surface area contributed by atoms with Gasteiger partial charge >= 0.3 is 0 Å². The summed E-state index contributed by atoms with van der Waals surface area (Å²) < 4.78 is 0. The molecule has 0 aliphatic heterocycles. The number of hydrogen-bond donors (Lipinski definition) is 3. The molecule has 0 aliphatic rings. The number of pyridine rings is 1. The number of thiophene rings is 1. The molecule has 1 aromatic carbocycles. The molecule has 128 valence electrons. The van der Waals surface area contributed by atoms with E-state index in [4.69, 9.17) is 5.73 Å². The summed E-state index contributed by atoms with van der Waals surface area (Å²) in [6.45, 7) is 3.31. The van der Waals surface area contributed by atoms with Crippen LogP contribution in [0.3, 0.4) is 0 Å². The number of amides is 1. The molecule has 0 saturated heterocycles. The first-order chi connectivity index (χ1) is 12.1. The van der Waals surface area contributed by atoms with Crippen molar-refractivity contribution in [1.82, 2.24) is 10.3 Å². The average Bonchev–Trinajstić information content (AvgIpc) is 3.07. The maximum Gasteiger partial charge on any atom is 0.255 e. The minimum Gasteiger partial charge on any atom is -0.383 e. The lowest BCUT2D eigenvalue weighted by molar-refractivity contribution is 0.0952. The van der Waals surface area contributed by atoms with Gasteiger partial charge in [0.1, 0.15) is 5.82 Å². The van der Waals surface area contributed by atoms with Gasteiger partial charge in [-0.2, -0.15) is 0 Å². The second-order valence-corrected chi connectivity index (χ2v) is 6.96. The summed E-state index contributed by atoms with van der Waals surface area (Å²) >= 11 is 1.67. The minimum absolute atomic E-state index is 0.210. The number of hydrogen-bond acceptors (Lipinski definition) is 5. The Hall–Kier alpha value is -2.86. The van der Waals surface area contributed by atoms with E-state index in [1.807, 2.05) is 6.07 Å². The molecule has 0 spiro atoms. The Balaban J connectivity index is 1.52. The summed E-state index contributed by atoms with van der Waals surface area (Å²) in [5, 5.41) is 6.28. The minimum atomic E-state index is -0.210. The highest BCUT2D eigenvalue weighted by Crippen LogP contribution is 2.19. The molecule has 0 bridgehead atoms. The molecule has 0 atom stereocenters. The number of nitrogens with two attached hydrogens (primary N) is 1. The van der Waals surface area contributed by atoms with Gasteiger partial charge in [0, 0.05) is 28.2 Å². The van der Waals surface area contributed by atoms with Crippen LogP contribution in [0.5, 0.6) is 0 Å². The van der Waals surface area contributed by atoms with Gasteiger partial charge in [-0.1, -0.05) is 17.7 Å². The van der Waals surface area contributed by atoms with Gasteiger partial charge in [-0.15, -0.1) is 11.3 Å². The van der Waals surface area contributed by atoms with E-state index in [1.165, 1.54) is 10.4 Å². The molecule has 4 N–H and O–H groups in total. The van der Waals surface area contributed by atoms with Crippen molar-refractivity contribution >= 4 is 28.7 Å². The molecule has 0 saturated carbocycles. The standard InChI is InChI=1S/C19H20N4OS/c1-13-4-6-14(7-5-13)22-11-15-8-9-16(25-15)12-23-19(24)17-3-2-10-21-18(17)20/h2-10,22H,11-12H2,1H3,(H2,20,21)(H,23,24). The third-order valence-electron chi connectivity index (χ3n) is 3.74. The van der Waals surface area contributed by atoms with Crippen LogP contribution >= 0.6 is 11.3 Å². The van der Waals surface area contributed by atoms with E-state index in [-0.39, 0.29) is 11.7 Å². The highest BCUT2D eigenvalue weighted by Gasteiger charge is 2.10. The van der Waals surface area contributed by atoms with Crippen LogP contribution in [0.4, 0.5) is 11.5 Å². The molecular weight excluding hydrogens is 332 g/mol. The Kier molecular flexibility index (Phi) is 5.30. The van der Waals surface area contributed by atoms with E-state index in [2.05, 4.69) is 52.9 Å². The first kappa shape index (κ1) is 17.0. The van der Waals surface area contributed by atoms with E-state index in [0.717, 1.165) is 17.1 Å². The lowest BCUT2D eigenvalue weighted by Crippen LogP contribution is -2.23. The van der Waals surface area contributed by atoms with Crippen LogP contribution in [0.1, 0.15) is 25.7 Å². The summed E-state index contributed by atoms with van der Waals surface area (Å²) in [5.74, 6) is 0.0347. The number of nitrogens with one attached hydrogen (secondary N) is 2. The fraction of sp³-hybridized carbons (Fsp3) is 0.158. The number of carbonyl (C=O) groups excluding carboxylic acids is 1. The van der Waals surface area contributed by atoms with Gasteiger partial charge in [0.05, 0.1) is 12.1 Å². The quantitative estimate of drug-likeness (QED) is 0.633. The molecule has 3 rings (SSSR count). The Labute approximate surface area is 150 Å². The number of nitrogen functional groups attached to an aromatic ring is 1. The van der Waals surface area contributed by atoms with Gasteiger partial charge in [0.2, 0.25) is 0 Å². The number of anilines is 2. The maximum atomic E-state index is 12.1. The van der Waals surface area contributed by atoms with Gasteiger partial charge in [0.25, 0.3) is 5.91 Å². The molecule has 6 heteroatoms. The molecule has 25 heavy (non-hydrogen) atoms. The lowest BCUT2D eigenvalue weighted by Gasteiger charge is -2.06. The number of rotatable bonds is 6. The molecule has 0 unspecified atom stereocenters. The van der Waals surface area contributed by atoms with Crippen LogP contribution in [-0.2, 0) is 13.1 Å². The smallest absolute Gasteiger partial charge is 0.255 e. The summed E-state index contributed by atoms with van der Waals surface area (Å²) in [5.41, 5.74) is 8.47. The predicted molar refractivity (Wildman–Crippen MR) is 103 cm³/mol. The average molecular weight is 352 g/mol. The van der Waals surface area contributed by atoms with E-state index in [1.54, 1.807) is 29.7 Å². The van der Waals surface area contributed by atoms with Crippen molar-refractivity contribution in [2.75, 3.05) is 11.1 Å². The third-order valence-corrected chi connectivity index (χ3v) is 4.83. The van der Waals surface area contributed by atoms with Gasteiger partial charge < -0.3 is 16.4 Å².